The molecule has 0 aromatic heterocycles. The first-order valence-corrected chi connectivity index (χ1v) is 7.12. The van der Waals surface area contributed by atoms with Crippen LogP contribution in [0.25, 0.3) is 0 Å². The Morgan fingerprint density at radius 2 is 1.77 bits per heavy atom. The van der Waals surface area contributed by atoms with Crippen molar-refractivity contribution in [2.75, 3.05) is 11.9 Å². The van der Waals surface area contributed by atoms with Crippen molar-refractivity contribution in [1.82, 2.24) is 0 Å². The number of non-ortho nitro benzene ring substituents is 1. The van der Waals surface area contributed by atoms with E-state index >= 15 is 0 Å². The summed E-state index contributed by atoms with van der Waals surface area (Å²) in [4.78, 5) is 33.5. The molecule has 2 aromatic rings. The van der Waals surface area contributed by atoms with E-state index in [2.05, 4.69) is 10.1 Å². The monoisotopic (exact) mass is 366 g/mol. The van der Waals surface area contributed by atoms with Crippen molar-refractivity contribution < 1.29 is 32.8 Å². The van der Waals surface area contributed by atoms with Crippen LogP contribution in [0.1, 0.15) is 10.4 Å². The molecule has 0 unspecified atom stereocenters. The number of benzene rings is 2. The number of nitro groups is 1. The maximum Gasteiger partial charge on any atom is 0.387 e. The van der Waals surface area contributed by atoms with Crippen LogP contribution < -0.4 is 10.1 Å². The van der Waals surface area contributed by atoms with Crippen molar-refractivity contribution >= 4 is 23.3 Å². The van der Waals surface area contributed by atoms with Gasteiger partial charge in [0.15, 0.2) is 6.61 Å². The highest BCUT2D eigenvalue weighted by Gasteiger charge is 2.15. The molecule has 0 aliphatic heterocycles. The maximum absolute atomic E-state index is 12.3. The summed E-state index contributed by atoms with van der Waals surface area (Å²) in [5.41, 5.74) is -0.191. The molecule has 0 aliphatic carbocycles. The van der Waals surface area contributed by atoms with Crippen molar-refractivity contribution in [2.45, 2.75) is 6.61 Å². The Morgan fingerprint density at radius 1 is 1.12 bits per heavy atom. The van der Waals surface area contributed by atoms with Crippen LogP contribution in [0.5, 0.6) is 5.75 Å². The van der Waals surface area contributed by atoms with Gasteiger partial charge in [-0.05, 0) is 24.3 Å². The van der Waals surface area contributed by atoms with Gasteiger partial charge in [-0.15, -0.1) is 0 Å². The summed E-state index contributed by atoms with van der Waals surface area (Å²) >= 11 is 0. The van der Waals surface area contributed by atoms with Crippen LogP contribution in [0.15, 0.2) is 48.5 Å². The second kappa shape index (κ2) is 8.51. The van der Waals surface area contributed by atoms with E-state index in [1.54, 1.807) is 0 Å². The summed E-state index contributed by atoms with van der Waals surface area (Å²) in [5.74, 6) is -1.88. The van der Waals surface area contributed by atoms with E-state index in [1.807, 2.05) is 0 Å². The number of hydrogen-bond acceptors (Lipinski definition) is 6. The van der Waals surface area contributed by atoms with Gasteiger partial charge in [-0.3, -0.25) is 14.9 Å². The number of anilines is 1. The van der Waals surface area contributed by atoms with Crippen LogP contribution in [0, 0.1) is 10.1 Å². The second-order valence-electron chi connectivity index (χ2n) is 4.80. The Balaban J connectivity index is 1.92. The molecule has 1 N–H and O–H groups in total. The second-order valence-corrected chi connectivity index (χ2v) is 4.80. The molecule has 0 saturated carbocycles. The van der Waals surface area contributed by atoms with Crippen LogP contribution in [-0.2, 0) is 9.53 Å². The molecule has 0 bridgehead atoms. The first-order valence-electron chi connectivity index (χ1n) is 7.12. The third-order valence-corrected chi connectivity index (χ3v) is 3.03. The van der Waals surface area contributed by atoms with Gasteiger partial charge in [0.2, 0.25) is 0 Å². The highest BCUT2D eigenvalue weighted by molar-refractivity contribution is 5.96. The van der Waals surface area contributed by atoms with E-state index < -0.39 is 30.0 Å². The third kappa shape index (κ3) is 5.23. The van der Waals surface area contributed by atoms with Gasteiger partial charge < -0.3 is 14.8 Å². The van der Waals surface area contributed by atoms with Crippen LogP contribution in [0.2, 0.25) is 0 Å². The van der Waals surface area contributed by atoms with Crippen molar-refractivity contribution in [3.05, 3.63) is 64.2 Å². The molecule has 0 atom stereocenters. The van der Waals surface area contributed by atoms with Gasteiger partial charge >= 0.3 is 12.6 Å². The topological polar surface area (TPSA) is 108 Å². The van der Waals surface area contributed by atoms with E-state index in [0.717, 1.165) is 12.1 Å². The van der Waals surface area contributed by atoms with E-state index in [4.69, 9.17) is 4.74 Å². The number of rotatable bonds is 7. The van der Waals surface area contributed by atoms with Crippen LogP contribution in [0.3, 0.4) is 0 Å². The molecule has 0 radical (unpaired) electrons. The summed E-state index contributed by atoms with van der Waals surface area (Å²) in [6, 6.07) is 10.1. The number of halogens is 2. The average Bonchev–Trinajstić information content (AvgIpc) is 2.61. The molecule has 26 heavy (non-hydrogen) atoms. The zero-order valence-corrected chi connectivity index (χ0v) is 13.1. The van der Waals surface area contributed by atoms with Gasteiger partial charge in [-0.1, -0.05) is 12.1 Å². The van der Waals surface area contributed by atoms with E-state index in [1.165, 1.54) is 36.4 Å². The standard InChI is InChI=1S/C16H12F2N2O6/c17-16(18)26-13-4-2-1-3-12(13)19-14(21)9-25-15(22)10-5-7-11(8-6-10)20(23)24/h1-8,16H,9H2,(H,19,21). The summed E-state index contributed by atoms with van der Waals surface area (Å²) < 4.78 is 33.7. The molecular formula is C16H12F2N2O6. The molecule has 0 saturated heterocycles. The maximum atomic E-state index is 12.3. The summed E-state index contributed by atoms with van der Waals surface area (Å²) in [5, 5.41) is 12.8. The number of esters is 1. The van der Waals surface area contributed by atoms with Gasteiger partial charge in [0.05, 0.1) is 16.2 Å². The Labute approximate surface area is 145 Å². The molecule has 8 nitrogen and oxygen atoms in total. The molecule has 0 aliphatic rings. The average molecular weight is 366 g/mol. The Bertz CT molecular complexity index is 811. The number of ether oxygens (including phenoxy) is 2. The van der Waals surface area contributed by atoms with Crippen LogP contribution in [0.4, 0.5) is 20.2 Å². The number of carbonyl (C=O) groups is 2. The Morgan fingerprint density at radius 3 is 2.38 bits per heavy atom. The number of carbonyl (C=O) groups excluding carboxylic acids is 2. The summed E-state index contributed by atoms with van der Waals surface area (Å²) in [7, 11) is 0. The van der Waals surface area contributed by atoms with E-state index in [9.17, 15) is 28.5 Å². The van der Waals surface area contributed by atoms with E-state index in [0.29, 0.717) is 0 Å². The molecule has 2 rings (SSSR count). The van der Waals surface area contributed by atoms with Crippen molar-refractivity contribution in [3.63, 3.8) is 0 Å². The quantitative estimate of drug-likeness (QED) is 0.458. The fourth-order valence-electron chi connectivity index (χ4n) is 1.89. The predicted octanol–water partition coefficient (Wildman–Crippen LogP) is 2.99. The van der Waals surface area contributed by atoms with Gasteiger partial charge in [0, 0.05) is 12.1 Å². The lowest BCUT2D eigenvalue weighted by atomic mass is 10.2. The van der Waals surface area contributed by atoms with Gasteiger partial charge in [-0.25, -0.2) is 4.79 Å². The minimum absolute atomic E-state index is 0.0100. The van der Waals surface area contributed by atoms with Crippen molar-refractivity contribution in [2.24, 2.45) is 0 Å². The lowest BCUT2D eigenvalue weighted by Crippen LogP contribution is -2.21. The zero-order valence-electron chi connectivity index (χ0n) is 13.1. The fraction of sp³-hybridized carbons (Fsp3) is 0.125. The molecular weight excluding hydrogens is 354 g/mol. The van der Waals surface area contributed by atoms with Crippen molar-refractivity contribution in [1.29, 1.82) is 0 Å². The minimum Gasteiger partial charge on any atom is -0.452 e. The molecule has 0 fully saturated rings. The van der Waals surface area contributed by atoms with Gasteiger partial charge in [0.25, 0.3) is 11.6 Å². The highest BCUT2D eigenvalue weighted by atomic mass is 19.3. The third-order valence-electron chi connectivity index (χ3n) is 3.03. The minimum atomic E-state index is -3.06. The van der Waals surface area contributed by atoms with Crippen molar-refractivity contribution in [3.8, 4) is 5.75 Å². The number of nitro benzene ring substituents is 1. The molecule has 2 aromatic carbocycles. The number of hydrogen-bond donors (Lipinski definition) is 1. The lowest BCUT2D eigenvalue weighted by molar-refractivity contribution is -0.384. The summed E-state index contributed by atoms with van der Waals surface area (Å²) in [6.07, 6.45) is 0. The normalized spacial score (nSPS) is 10.3. The molecule has 136 valence electrons. The van der Waals surface area contributed by atoms with Crippen LogP contribution in [-0.4, -0.2) is 30.0 Å². The van der Waals surface area contributed by atoms with Crippen LogP contribution >= 0.6 is 0 Å². The molecule has 1 amide bonds. The van der Waals surface area contributed by atoms with E-state index in [-0.39, 0.29) is 22.7 Å². The smallest absolute Gasteiger partial charge is 0.387 e. The SMILES string of the molecule is O=C(COC(=O)c1ccc([N+](=O)[O-])cc1)Nc1ccccc1OC(F)F. The number of alkyl halides is 2. The number of amides is 1. The molecule has 0 spiro atoms. The largest absolute Gasteiger partial charge is 0.452 e. The first kappa shape index (κ1) is 18.8. The van der Waals surface area contributed by atoms with Gasteiger partial charge in [-0.2, -0.15) is 8.78 Å². The van der Waals surface area contributed by atoms with Gasteiger partial charge in [0.1, 0.15) is 5.75 Å². The highest BCUT2D eigenvalue weighted by Crippen LogP contribution is 2.25. The molecule has 10 heteroatoms. The zero-order chi connectivity index (χ0) is 19.1. The Hall–Kier alpha value is -3.56. The molecule has 0 heterocycles. The number of nitrogens with zero attached hydrogens (tertiary/aromatic N) is 1. The number of para-hydroxylation sites is 2. The lowest BCUT2D eigenvalue weighted by Gasteiger charge is -2.11. The fourth-order valence-corrected chi connectivity index (χ4v) is 1.89. The predicted molar refractivity (Wildman–Crippen MR) is 85.1 cm³/mol. The Kier molecular flexibility index (Phi) is 6.15. The number of nitrogens with one attached hydrogen (secondary N) is 1. The first-order chi connectivity index (χ1) is 12.4. The summed E-state index contributed by atoms with van der Waals surface area (Å²) in [6.45, 7) is -3.74.